The summed E-state index contributed by atoms with van der Waals surface area (Å²) in [4.78, 5) is 9.81. The van der Waals surface area contributed by atoms with E-state index in [2.05, 4.69) is 32.1 Å². The van der Waals surface area contributed by atoms with E-state index >= 15 is 0 Å². The van der Waals surface area contributed by atoms with E-state index in [-0.39, 0.29) is 0 Å². The number of nitrogens with zero attached hydrogens (tertiary/aromatic N) is 7. The molecule has 0 atom stereocenters. The number of rotatable bonds is 4. The molecule has 6 rings (SSSR count). The SMILES string of the molecule is c1ccc(-n2nnnc2CSc2nc3ccccc3c3nc4ccccc4n23)cc1. The van der Waals surface area contributed by atoms with Gasteiger partial charge in [0.05, 0.1) is 28.0 Å². The Morgan fingerprint density at radius 3 is 2.43 bits per heavy atom. The molecule has 0 unspecified atom stereocenters. The molecule has 3 heterocycles. The molecule has 144 valence electrons. The Balaban J connectivity index is 1.48. The summed E-state index contributed by atoms with van der Waals surface area (Å²) in [5, 5.41) is 14.2. The molecule has 0 spiro atoms. The predicted molar refractivity (Wildman–Crippen MR) is 117 cm³/mol. The highest BCUT2D eigenvalue weighted by Crippen LogP contribution is 2.30. The van der Waals surface area contributed by atoms with E-state index in [1.807, 2.05) is 66.7 Å². The molecule has 0 amide bonds. The molecule has 3 aromatic heterocycles. The van der Waals surface area contributed by atoms with Crippen molar-refractivity contribution in [2.75, 3.05) is 0 Å². The molecule has 0 saturated heterocycles. The zero-order chi connectivity index (χ0) is 19.9. The highest BCUT2D eigenvalue weighted by Gasteiger charge is 2.16. The van der Waals surface area contributed by atoms with Crippen molar-refractivity contribution in [2.45, 2.75) is 10.9 Å². The normalized spacial score (nSPS) is 11.6. The third-order valence-corrected chi connectivity index (χ3v) is 5.91. The van der Waals surface area contributed by atoms with Crippen LogP contribution in [0.3, 0.4) is 0 Å². The number of fused-ring (bicyclic) bond motifs is 5. The molecule has 0 bridgehead atoms. The first-order chi connectivity index (χ1) is 14.9. The van der Waals surface area contributed by atoms with E-state index in [9.17, 15) is 0 Å². The van der Waals surface area contributed by atoms with Crippen molar-refractivity contribution in [3.05, 3.63) is 84.7 Å². The number of para-hydroxylation sites is 4. The lowest BCUT2D eigenvalue weighted by molar-refractivity contribution is 0.777. The van der Waals surface area contributed by atoms with Crippen molar-refractivity contribution >= 4 is 39.3 Å². The smallest absolute Gasteiger partial charge is 0.175 e. The third kappa shape index (κ3) is 2.73. The van der Waals surface area contributed by atoms with Crippen LogP contribution in [0.15, 0.2) is 84.0 Å². The standard InChI is InChI=1S/C22H15N7S/c1-2-8-15(9-3-1)29-20(25-26-27-29)14-30-22-24-17-11-5-4-10-16(17)21-23-18-12-6-7-13-19(18)28(21)22/h1-13H,14H2. The van der Waals surface area contributed by atoms with E-state index in [1.165, 1.54) is 0 Å². The maximum Gasteiger partial charge on any atom is 0.175 e. The van der Waals surface area contributed by atoms with Crippen LogP contribution in [0.2, 0.25) is 0 Å². The molecular formula is C22H15N7S. The number of hydrogen-bond acceptors (Lipinski definition) is 6. The quantitative estimate of drug-likeness (QED) is 0.319. The van der Waals surface area contributed by atoms with Gasteiger partial charge in [-0.15, -0.1) is 5.10 Å². The van der Waals surface area contributed by atoms with Gasteiger partial charge in [0.1, 0.15) is 5.65 Å². The van der Waals surface area contributed by atoms with Crippen molar-refractivity contribution in [1.29, 1.82) is 0 Å². The molecule has 7 nitrogen and oxygen atoms in total. The average Bonchev–Trinajstić information content (AvgIpc) is 3.43. The fraction of sp³-hybridized carbons (Fsp3) is 0.0455. The van der Waals surface area contributed by atoms with Crippen LogP contribution in [0.4, 0.5) is 0 Å². The van der Waals surface area contributed by atoms with Crippen molar-refractivity contribution in [1.82, 2.24) is 34.6 Å². The summed E-state index contributed by atoms with van der Waals surface area (Å²) in [6, 6.07) is 26.1. The highest BCUT2D eigenvalue weighted by atomic mass is 32.2. The number of benzene rings is 3. The van der Waals surface area contributed by atoms with Gasteiger partial charge in [0, 0.05) is 5.39 Å². The first-order valence-electron chi connectivity index (χ1n) is 9.50. The van der Waals surface area contributed by atoms with Gasteiger partial charge in [-0.2, -0.15) is 4.68 Å². The third-order valence-electron chi connectivity index (χ3n) is 4.98. The molecule has 0 N–H and O–H groups in total. The van der Waals surface area contributed by atoms with Gasteiger partial charge in [-0.25, -0.2) is 9.97 Å². The van der Waals surface area contributed by atoms with Gasteiger partial charge in [0.2, 0.25) is 0 Å². The molecule has 30 heavy (non-hydrogen) atoms. The minimum Gasteiger partial charge on any atom is -0.271 e. The lowest BCUT2D eigenvalue weighted by Gasteiger charge is -2.08. The molecule has 0 saturated carbocycles. The molecule has 3 aromatic carbocycles. The summed E-state index contributed by atoms with van der Waals surface area (Å²) in [5.41, 5.74) is 4.75. The number of imidazole rings is 1. The highest BCUT2D eigenvalue weighted by molar-refractivity contribution is 7.98. The summed E-state index contributed by atoms with van der Waals surface area (Å²) < 4.78 is 3.89. The van der Waals surface area contributed by atoms with Crippen LogP contribution in [0.1, 0.15) is 5.82 Å². The fourth-order valence-corrected chi connectivity index (χ4v) is 4.52. The summed E-state index contributed by atoms with van der Waals surface area (Å²) >= 11 is 1.60. The van der Waals surface area contributed by atoms with Gasteiger partial charge < -0.3 is 0 Å². The van der Waals surface area contributed by atoms with Gasteiger partial charge in [-0.3, -0.25) is 4.40 Å². The van der Waals surface area contributed by atoms with E-state index in [1.54, 1.807) is 16.4 Å². The number of aromatic nitrogens is 7. The largest absolute Gasteiger partial charge is 0.271 e. The number of hydrogen-bond donors (Lipinski definition) is 0. The lowest BCUT2D eigenvalue weighted by Crippen LogP contribution is -2.03. The van der Waals surface area contributed by atoms with Crippen LogP contribution in [0.5, 0.6) is 0 Å². The van der Waals surface area contributed by atoms with Crippen LogP contribution < -0.4 is 0 Å². The van der Waals surface area contributed by atoms with E-state index in [4.69, 9.17) is 9.97 Å². The van der Waals surface area contributed by atoms with Crippen molar-refractivity contribution in [3.63, 3.8) is 0 Å². The van der Waals surface area contributed by atoms with Crippen molar-refractivity contribution in [3.8, 4) is 5.69 Å². The molecule has 0 fully saturated rings. The Morgan fingerprint density at radius 1 is 0.767 bits per heavy atom. The Bertz CT molecular complexity index is 1500. The van der Waals surface area contributed by atoms with E-state index < -0.39 is 0 Å². The van der Waals surface area contributed by atoms with Gasteiger partial charge >= 0.3 is 0 Å². The maximum absolute atomic E-state index is 4.94. The molecule has 0 aliphatic rings. The van der Waals surface area contributed by atoms with Crippen LogP contribution in [0, 0.1) is 0 Å². The van der Waals surface area contributed by atoms with Gasteiger partial charge in [-0.1, -0.05) is 54.2 Å². The van der Waals surface area contributed by atoms with Gasteiger partial charge in [0.25, 0.3) is 0 Å². The number of thioether (sulfide) groups is 1. The minimum atomic E-state index is 0.578. The van der Waals surface area contributed by atoms with Gasteiger partial charge in [-0.05, 0) is 46.8 Å². The van der Waals surface area contributed by atoms with Crippen LogP contribution in [-0.2, 0) is 5.75 Å². The molecule has 0 aliphatic heterocycles. The first kappa shape index (κ1) is 17.1. The summed E-state index contributed by atoms with van der Waals surface area (Å²) in [5.74, 6) is 1.34. The maximum atomic E-state index is 4.94. The second kappa shape index (κ2) is 6.93. The van der Waals surface area contributed by atoms with Crippen molar-refractivity contribution < 1.29 is 0 Å². The molecule has 0 radical (unpaired) electrons. The zero-order valence-electron chi connectivity index (χ0n) is 15.8. The molecule has 8 heteroatoms. The fourth-order valence-electron chi connectivity index (χ4n) is 3.60. The molecule has 6 aromatic rings. The Hall–Kier alpha value is -3.78. The second-order valence-corrected chi connectivity index (χ2v) is 7.74. The number of tetrazole rings is 1. The monoisotopic (exact) mass is 409 g/mol. The van der Waals surface area contributed by atoms with Crippen LogP contribution >= 0.6 is 11.8 Å². The van der Waals surface area contributed by atoms with E-state index in [0.717, 1.165) is 44.3 Å². The second-order valence-electron chi connectivity index (χ2n) is 6.80. The molecule has 0 aliphatic carbocycles. The lowest BCUT2D eigenvalue weighted by atomic mass is 10.2. The Morgan fingerprint density at radius 2 is 1.53 bits per heavy atom. The summed E-state index contributed by atoms with van der Waals surface area (Å²) in [6.07, 6.45) is 0. The molecular weight excluding hydrogens is 394 g/mol. The Labute approximate surface area is 175 Å². The van der Waals surface area contributed by atoms with Crippen LogP contribution in [0.25, 0.3) is 33.3 Å². The first-order valence-corrected chi connectivity index (χ1v) is 10.5. The summed E-state index contributed by atoms with van der Waals surface area (Å²) in [6.45, 7) is 0. The van der Waals surface area contributed by atoms with Crippen LogP contribution in [-0.4, -0.2) is 34.6 Å². The summed E-state index contributed by atoms with van der Waals surface area (Å²) in [7, 11) is 0. The predicted octanol–water partition coefficient (Wildman–Crippen LogP) is 4.30. The van der Waals surface area contributed by atoms with Gasteiger partial charge in [0.15, 0.2) is 11.0 Å². The average molecular weight is 409 g/mol. The zero-order valence-corrected chi connectivity index (χ0v) is 16.6. The topological polar surface area (TPSA) is 73.8 Å². The van der Waals surface area contributed by atoms with E-state index in [0.29, 0.717) is 5.75 Å². The van der Waals surface area contributed by atoms with Crippen molar-refractivity contribution in [2.24, 2.45) is 0 Å². The Kier molecular flexibility index (Phi) is 3.95. The minimum absolute atomic E-state index is 0.578.